The monoisotopic (exact) mass is 448 g/mol. The molecule has 0 saturated carbocycles. The van der Waals surface area contributed by atoms with Gasteiger partial charge in [-0.1, -0.05) is 29.7 Å². The van der Waals surface area contributed by atoms with Gasteiger partial charge < -0.3 is 0 Å². The van der Waals surface area contributed by atoms with E-state index >= 15 is 0 Å². The number of carbonyl (C=O) groups excluding carboxylic acids is 1. The van der Waals surface area contributed by atoms with Gasteiger partial charge in [0.15, 0.2) is 0 Å². The lowest BCUT2D eigenvalue weighted by atomic mass is 9.83. The first-order valence-electron chi connectivity index (χ1n) is 4.43. The Morgan fingerprint density at radius 1 is 0.704 bits per heavy atom. The first kappa shape index (κ1) is 40.4. The molecule has 0 aromatic rings. The van der Waals surface area contributed by atoms with Crippen molar-refractivity contribution in [2.24, 2.45) is 0 Å². The van der Waals surface area contributed by atoms with E-state index in [9.17, 15) is 66.4 Å². The third kappa shape index (κ3) is 6.64. The molecule has 0 aliphatic rings. The lowest BCUT2D eigenvalue weighted by Gasteiger charge is -2.39. The second-order valence-electron chi connectivity index (χ2n) is 3.28. The van der Waals surface area contributed by atoms with Gasteiger partial charge in [0.1, 0.15) is 0 Å². The minimum atomic E-state index is -7.70. The smallest absolute Gasteiger partial charge is 0.257 e. The van der Waals surface area contributed by atoms with E-state index in [4.69, 9.17) is 0 Å². The Labute approximate surface area is 145 Å². The summed E-state index contributed by atoms with van der Waals surface area (Å²) in [7, 11) is 0. The van der Waals surface area contributed by atoms with Gasteiger partial charge in [-0.05, 0) is 4.53 Å². The second-order valence-corrected chi connectivity index (χ2v) is 3.28. The molecule has 0 aliphatic heterocycles. The Morgan fingerprint density at radius 2 is 0.963 bits per heavy atom. The lowest BCUT2D eigenvalue weighted by molar-refractivity contribution is -0.472. The number of halogens is 14. The van der Waals surface area contributed by atoms with E-state index in [1.54, 1.807) is 0 Å². The third-order valence-corrected chi connectivity index (χ3v) is 2.02. The van der Waals surface area contributed by atoms with Crippen molar-refractivity contribution in [3.05, 3.63) is 0 Å². The summed E-state index contributed by atoms with van der Waals surface area (Å²) in [6.45, 7) is -1.75. The fourth-order valence-electron chi connectivity index (χ4n) is 1.06. The van der Waals surface area contributed by atoms with Gasteiger partial charge in [0.25, 0.3) is 0 Å². The summed E-state index contributed by atoms with van der Waals surface area (Å²) in [4.78, 5) is 10.8. The molecule has 0 aliphatic carbocycles. The van der Waals surface area contributed by atoms with Crippen molar-refractivity contribution in [1.29, 1.82) is 0 Å². The van der Waals surface area contributed by atoms with Crippen molar-refractivity contribution in [2.45, 2.75) is 59.5 Å². The fraction of sp³-hybridized carbons (Fsp3) is 0.909. The molecule has 0 aromatic heterocycles. The van der Waals surface area contributed by atoms with Crippen LogP contribution in [0.25, 0.3) is 0 Å². The van der Waals surface area contributed by atoms with Crippen molar-refractivity contribution >= 4 is 6.04 Å². The third-order valence-electron chi connectivity index (χ3n) is 2.02. The Morgan fingerprint density at radius 3 is 1.07 bits per heavy atom. The summed E-state index contributed by atoms with van der Waals surface area (Å²) < 4.78 is 165. The van der Waals surface area contributed by atoms with Gasteiger partial charge in [0, 0.05) is 0 Å². The topological polar surface area (TPSA) is 26.3 Å². The van der Waals surface area contributed by atoms with Crippen LogP contribution in [-0.2, 0) is 9.74 Å². The van der Waals surface area contributed by atoms with Crippen LogP contribution in [0.5, 0.6) is 0 Å². The van der Waals surface area contributed by atoms with Crippen LogP contribution < -0.4 is 0 Å². The first-order chi connectivity index (χ1) is 9.92. The number of hydrogen-bond acceptors (Lipinski definition) is 2. The fourth-order valence-corrected chi connectivity index (χ4v) is 1.06. The number of alkyl halides is 12. The highest BCUT2D eigenvalue weighted by Crippen LogP contribution is 2.59. The van der Waals surface area contributed by atoms with Gasteiger partial charge in [0.05, 0.1) is 0 Å². The van der Waals surface area contributed by atoms with Crippen LogP contribution in [0.4, 0.5) is 61.6 Å². The van der Waals surface area contributed by atoms with Gasteiger partial charge in [-0.25, -0.2) is 17.6 Å². The largest absolute Gasteiger partial charge is 0.436 e. The molecule has 0 radical (unpaired) electrons. The molecule has 0 amide bonds. The van der Waals surface area contributed by atoms with E-state index in [0.717, 1.165) is 4.94 Å². The maximum Gasteiger partial charge on any atom is 0.436 e. The second kappa shape index (κ2) is 12.2. The van der Waals surface area contributed by atoms with E-state index in [1.165, 1.54) is 0 Å². The normalized spacial score (nSPS) is 15.6. The minimum Gasteiger partial charge on any atom is -0.257 e. The molecular formula is C11H18F14O2. The highest BCUT2D eigenvalue weighted by molar-refractivity contribution is 5.82. The molecule has 0 heterocycles. The Kier molecular flexibility index (Phi) is 18.2. The number of hydrogen-bond donors (Lipinski definition) is 0. The van der Waals surface area contributed by atoms with Crippen LogP contribution in [0.2, 0.25) is 0 Å². The molecule has 0 spiro atoms. The lowest BCUT2D eigenvalue weighted by Crippen LogP contribution is -2.74. The maximum absolute atomic E-state index is 13.1. The molecule has 16 heteroatoms. The standard InChI is InChI=1S/C6F12O2.CH2F2.4CH4/c7-1(19)2(8,4(10,11)12)3(9,5(13,14)15)6(16,17)20-18;2-1-3;;;;/h;1H2;4*1H4. The van der Waals surface area contributed by atoms with E-state index in [2.05, 4.69) is 0 Å². The summed E-state index contributed by atoms with van der Waals surface area (Å²) in [5.74, 6) is 0. The molecule has 27 heavy (non-hydrogen) atoms. The SMILES string of the molecule is C.C.C.C.FCF.O=C(F)C(F)(C(F)(F)F)C(F)(C(F)(F)F)C(F)(F)OF. The number of rotatable bonds is 4. The molecule has 0 fully saturated rings. The number of carbonyl (C=O) groups is 1. The molecule has 0 bridgehead atoms. The zero-order valence-corrected chi connectivity index (χ0v) is 9.82. The van der Waals surface area contributed by atoms with Crippen molar-refractivity contribution in [2.75, 3.05) is 6.93 Å². The molecule has 2 unspecified atom stereocenters. The summed E-state index contributed by atoms with van der Waals surface area (Å²) in [5, 5.41) is 0. The van der Waals surface area contributed by atoms with Gasteiger partial charge >= 0.3 is 35.8 Å². The van der Waals surface area contributed by atoms with Crippen LogP contribution in [0.3, 0.4) is 0 Å². The average molecular weight is 448 g/mol. The molecule has 0 saturated heterocycles. The Hall–Kier alpha value is -1.35. The van der Waals surface area contributed by atoms with Gasteiger partial charge in [0.2, 0.25) is 6.93 Å². The Balaban J connectivity index is -0.000000147. The molecule has 2 nitrogen and oxygen atoms in total. The van der Waals surface area contributed by atoms with Crippen molar-refractivity contribution in [3.63, 3.8) is 0 Å². The molecule has 0 rings (SSSR count). The summed E-state index contributed by atoms with van der Waals surface area (Å²) in [6, 6.07) is -4.80. The van der Waals surface area contributed by atoms with Crippen molar-refractivity contribution in [3.8, 4) is 0 Å². The van der Waals surface area contributed by atoms with E-state index in [1.807, 2.05) is 0 Å². The quantitative estimate of drug-likeness (QED) is 0.344. The molecule has 172 valence electrons. The van der Waals surface area contributed by atoms with Crippen LogP contribution in [0.1, 0.15) is 29.7 Å². The van der Waals surface area contributed by atoms with Crippen LogP contribution >= 0.6 is 0 Å². The molecular weight excluding hydrogens is 430 g/mol. The zero-order chi connectivity index (χ0) is 19.5. The van der Waals surface area contributed by atoms with Crippen LogP contribution in [0.15, 0.2) is 0 Å². The van der Waals surface area contributed by atoms with Crippen molar-refractivity contribution < 1.29 is 71.3 Å². The summed E-state index contributed by atoms with van der Waals surface area (Å²) in [6.07, 6.45) is -22.2. The molecule has 0 aromatic carbocycles. The highest BCUT2D eigenvalue weighted by Gasteiger charge is 2.93. The summed E-state index contributed by atoms with van der Waals surface area (Å²) in [5.41, 5.74) is -15.2. The first-order valence-corrected chi connectivity index (χ1v) is 4.43. The highest BCUT2D eigenvalue weighted by atomic mass is 19.4. The zero-order valence-electron chi connectivity index (χ0n) is 9.82. The van der Waals surface area contributed by atoms with Crippen molar-refractivity contribution in [1.82, 2.24) is 0 Å². The maximum atomic E-state index is 13.1. The predicted molar refractivity (Wildman–Crippen MR) is 67.1 cm³/mol. The van der Waals surface area contributed by atoms with E-state index in [-0.39, 0.29) is 29.7 Å². The van der Waals surface area contributed by atoms with Crippen LogP contribution in [-0.4, -0.2) is 42.8 Å². The van der Waals surface area contributed by atoms with E-state index in [0.29, 0.717) is 0 Å². The van der Waals surface area contributed by atoms with E-state index < -0.39 is 42.8 Å². The molecule has 2 atom stereocenters. The Bertz CT molecular complexity index is 407. The minimum absolute atomic E-state index is 0. The molecule has 0 N–H and O–H groups in total. The summed E-state index contributed by atoms with van der Waals surface area (Å²) >= 11 is 0. The van der Waals surface area contributed by atoms with Gasteiger partial charge in [-0.3, -0.25) is 4.79 Å². The average Bonchev–Trinajstić information content (AvgIpc) is 2.34. The van der Waals surface area contributed by atoms with Crippen LogP contribution in [0, 0.1) is 0 Å². The van der Waals surface area contributed by atoms with Gasteiger partial charge in [-0.15, -0.1) is 4.94 Å². The predicted octanol–water partition coefficient (Wildman–Crippen LogP) is 6.94. The van der Waals surface area contributed by atoms with Gasteiger partial charge in [-0.2, -0.15) is 39.5 Å².